The Labute approximate surface area is 162 Å². The predicted molar refractivity (Wildman–Crippen MR) is 106 cm³/mol. The maximum Gasteiger partial charge on any atom is 0.414 e. The molecule has 2 aromatic rings. The maximum atomic E-state index is 9.10. The molecule has 2 aromatic carbocycles. The molecule has 0 aromatic heterocycles. The molecule has 1 heterocycles. The average molecular weight is 389 g/mol. The van der Waals surface area contributed by atoms with Gasteiger partial charge in [0.2, 0.25) is 0 Å². The summed E-state index contributed by atoms with van der Waals surface area (Å²) in [5.41, 5.74) is 2.62. The van der Waals surface area contributed by atoms with Crippen LogP contribution in [0.3, 0.4) is 0 Å². The summed E-state index contributed by atoms with van der Waals surface area (Å²) in [6.07, 6.45) is 1.03. The zero-order valence-corrected chi connectivity index (χ0v) is 16.1. The molecule has 0 saturated carbocycles. The summed E-state index contributed by atoms with van der Waals surface area (Å²) in [7, 11) is 4.25. The van der Waals surface area contributed by atoms with Gasteiger partial charge in [0, 0.05) is 23.1 Å². The number of thioether (sulfide) groups is 1. The molecule has 3 rings (SSSR count). The van der Waals surface area contributed by atoms with Crippen LogP contribution in [0.15, 0.2) is 48.5 Å². The second-order valence-electron chi connectivity index (χ2n) is 6.22. The highest BCUT2D eigenvalue weighted by molar-refractivity contribution is 7.99. The highest BCUT2D eigenvalue weighted by Crippen LogP contribution is 2.43. The van der Waals surface area contributed by atoms with Gasteiger partial charge in [-0.3, -0.25) is 0 Å². The van der Waals surface area contributed by atoms with Gasteiger partial charge in [-0.25, -0.2) is 9.59 Å². The SMILES string of the molecule is CN(C)CCSC1Cc2ccccc2Oc2ccccc21.O=C(O)C(=O)O. The number of rotatable bonds is 4. The predicted octanol–water partition coefficient (Wildman–Crippen LogP) is 3.53. The van der Waals surface area contributed by atoms with Crippen LogP contribution in [0.2, 0.25) is 0 Å². The van der Waals surface area contributed by atoms with E-state index in [0.29, 0.717) is 5.25 Å². The summed E-state index contributed by atoms with van der Waals surface area (Å²) < 4.78 is 6.14. The summed E-state index contributed by atoms with van der Waals surface area (Å²) in [4.78, 5) is 20.4. The normalized spacial score (nSPS) is 14.7. The molecule has 2 N–H and O–H groups in total. The van der Waals surface area contributed by atoms with E-state index in [2.05, 4.69) is 55.4 Å². The van der Waals surface area contributed by atoms with Crippen LogP contribution < -0.4 is 4.74 Å². The van der Waals surface area contributed by atoms with Crippen LogP contribution in [0.25, 0.3) is 0 Å². The number of ether oxygens (including phenoxy) is 1. The first-order chi connectivity index (χ1) is 12.9. The average Bonchev–Trinajstić information content (AvgIpc) is 2.78. The molecule has 1 aliphatic rings. The van der Waals surface area contributed by atoms with Gasteiger partial charge >= 0.3 is 11.9 Å². The van der Waals surface area contributed by atoms with Crippen LogP contribution in [0.5, 0.6) is 11.5 Å². The fourth-order valence-corrected chi connectivity index (χ4v) is 3.99. The second-order valence-corrected chi connectivity index (χ2v) is 7.54. The monoisotopic (exact) mass is 389 g/mol. The van der Waals surface area contributed by atoms with Crippen molar-refractivity contribution in [3.05, 3.63) is 59.7 Å². The summed E-state index contributed by atoms with van der Waals surface area (Å²) in [6, 6.07) is 16.8. The van der Waals surface area contributed by atoms with Gasteiger partial charge in [-0.1, -0.05) is 36.4 Å². The van der Waals surface area contributed by atoms with Crippen LogP contribution in [-0.2, 0) is 16.0 Å². The van der Waals surface area contributed by atoms with Gasteiger partial charge in [0.05, 0.1) is 0 Å². The topological polar surface area (TPSA) is 87.1 Å². The molecular weight excluding hydrogens is 366 g/mol. The molecule has 0 radical (unpaired) electrons. The first-order valence-electron chi connectivity index (χ1n) is 8.45. The Morgan fingerprint density at radius 1 is 1.04 bits per heavy atom. The lowest BCUT2D eigenvalue weighted by Crippen LogP contribution is -2.15. The standard InChI is InChI=1S/C18H21NOS.C2H2O4/c1-19(2)11-12-21-18-13-14-7-3-5-9-16(14)20-17-10-6-4-8-15(17)18;3-1(4)2(5)6/h3-10,18H,11-13H2,1-2H3;(H,3,4)(H,5,6). The van der Waals surface area contributed by atoms with Crippen LogP contribution in [0, 0.1) is 0 Å². The minimum absolute atomic E-state index is 0.463. The van der Waals surface area contributed by atoms with Gasteiger partial charge in [-0.15, -0.1) is 0 Å². The summed E-state index contributed by atoms with van der Waals surface area (Å²) >= 11 is 2.02. The van der Waals surface area contributed by atoms with Gasteiger partial charge in [-0.05, 0) is 38.2 Å². The molecule has 6 nitrogen and oxygen atoms in total. The number of fused-ring (bicyclic) bond motifs is 2. The highest BCUT2D eigenvalue weighted by Gasteiger charge is 2.23. The molecule has 0 spiro atoms. The lowest BCUT2D eigenvalue weighted by Gasteiger charge is -2.17. The van der Waals surface area contributed by atoms with E-state index in [1.165, 1.54) is 11.1 Å². The number of para-hydroxylation sites is 2. The third-order valence-electron chi connectivity index (χ3n) is 3.90. The van der Waals surface area contributed by atoms with Crippen molar-refractivity contribution in [1.82, 2.24) is 4.90 Å². The van der Waals surface area contributed by atoms with Gasteiger partial charge < -0.3 is 19.8 Å². The Hall–Kier alpha value is -2.51. The molecule has 0 amide bonds. The Bertz CT molecular complexity index is 781. The van der Waals surface area contributed by atoms with E-state index in [-0.39, 0.29) is 0 Å². The molecule has 1 aliphatic heterocycles. The highest BCUT2D eigenvalue weighted by atomic mass is 32.2. The first kappa shape index (κ1) is 20.8. The lowest BCUT2D eigenvalue weighted by atomic mass is 10.0. The van der Waals surface area contributed by atoms with Crippen molar-refractivity contribution >= 4 is 23.7 Å². The number of carboxylic acids is 2. The van der Waals surface area contributed by atoms with Crippen LogP contribution >= 0.6 is 11.8 Å². The molecule has 1 atom stereocenters. The fraction of sp³-hybridized carbons (Fsp3) is 0.300. The van der Waals surface area contributed by atoms with Gasteiger partial charge in [0.25, 0.3) is 0 Å². The van der Waals surface area contributed by atoms with E-state index in [1.807, 2.05) is 23.9 Å². The fourth-order valence-electron chi connectivity index (χ4n) is 2.57. The van der Waals surface area contributed by atoms with E-state index in [0.717, 1.165) is 30.2 Å². The largest absolute Gasteiger partial charge is 0.473 e. The quantitative estimate of drug-likeness (QED) is 0.774. The van der Waals surface area contributed by atoms with Crippen LogP contribution in [-0.4, -0.2) is 53.4 Å². The smallest absolute Gasteiger partial charge is 0.414 e. The van der Waals surface area contributed by atoms with E-state index in [4.69, 9.17) is 24.5 Å². The summed E-state index contributed by atoms with van der Waals surface area (Å²) in [5, 5.41) is 15.2. The second kappa shape index (κ2) is 9.99. The van der Waals surface area contributed by atoms with E-state index >= 15 is 0 Å². The summed E-state index contributed by atoms with van der Waals surface area (Å²) in [6.45, 7) is 1.10. The third kappa shape index (κ3) is 6.30. The van der Waals surface area contributed by atoms with E-state index < -0.39 is 11.9 Å². The molecule has 7 heteroatoms. The molecule has 0 saturated heterocycles. The molecular formula is C20H23NO5S. The Balaban J connectivity index is 0.000000380. The van der Waals surface area contributed by atoms with E-state index in [9.17, 15) is 0 Å². The minimum atomic E-state index is -1.82. The van der Waals surface area contributed by atoms with Crippen molar-refractivity contribution in [2.45, 2.75) is 11.7 Å². The van der Waals surface area contributed by atoms with Crippen molar-refractivity contribution < 1.29 is 24.5 Å². The Morgan fingerprint density at radius 2 is 1.63 bits per heavy atom. The Morgan fingerprint density at radius 3 is 2.26 bits per heavy atom. The number of carbonyl (C=O) groups is 2. The molecule has 27 heavy (non-hydrogen) atoms. The lowest BCUT2D eigenvalue weighted by molar-refractivity contribution is -0.159. The van der Waals surface area contributed by atoms with Gasteiger partial charge in [0.15, 0.2) is 0 Å². The van der Waals surface area contributed by atoms with Crippen molar-refractivity contribution in [3.8, 4) is 11.5 Å². The molecule has 0 bridgehead atoms. The van der Waals surface area contributed by atoms with Crippen molar-refractivity contribution in [2.75, 3.05) is 26.4 Å². The molecule has 144 valence electrons. The maximum absolute atomic E-state index is 9.10. The summed E-state index contributed by atoms with van der Waals surface area (Å²) in [5.74, 6) is -0.510. The van der Waals surface area contributed by atoms with Gasteiger partial charge in [0.1, 0.15) is 11.5 Å². The Kier molecular flexibility index (Phi) is 7.69. The number of aliphatic carboxylic acids is 2. The molecule has 1 unspecified atom stereocenters. The van der Waals surface area contributed by atoms with Crippen molar-refractivity contribution in [3.63, 3.8) is 0 Å². The zero-order valence-electron chi connectivity index (χ0n) is 15.3. The van der Waals surface area contributed by atoms with Crippen LogP contribution in [0.1, 0.15) is 16.4 Å². The van der Waals surface area contributed by atoms with Crippen LogP contribution in [0.4, 0.5) is 0 Å². The number of nitrogens with zero attached hydrogens (tertiary/aromatic N) is 1. The number of carboxylic acid groups (broad SMARTS) is 2. The zero-order chi connectivity index (χ0) is 19.8. The first-order valence-corrected chi connectivity index (χ1v) is 9.50. The third-order valence-corrected chi connectivity index (χ3v) is 5.15. The number of hydrogen-bond acceptors (Lipinski definition) is 5. The molecule has 0 aliphatic carbocycles. The number of benzene rings is 2. The number of hydrogen-bond donors (Lipinski definition) is 2. The van der Waals surface area contributed by atoms with Gasteiger partial charge in [-0.2, -0.15) is 11.8 Å². The van der Waals surface area contributed by atoms with E-state index in [1.54, 1.807) is 0 Å². The van der Waals surface area contributed by atoms with Crippen molar-refractivity contribution in [2.24, 2.45) is 0 Å². The van der Waals surface area contributed by atoms with Crippen molar-refractivity contribution in [1.29, 1.82) is 0 Å². The minimum Gasteiger partial charge on any atom is -0.473 e. The molecule has 0 fully saturated rings.